The summed E-state index contributed by atoms with van der Waals surface area (Å²) in [5.41, 5.74) is 0. The number of nitrogens with zero attached hydrogens (tertiary/aromatic N) is 3. The van der Waals surface area contributed by atoms with Crippen LogP contribution < -0.4 is 0 Å². The maximum absolute atomic E-state index is 12.8. The minimum atomic E-state index is -2.62. The van der Waals surface area contributed by atoms with Gasteiger partial charge in [0.25, 0.3) is 0 Å². The summed E-state index contributed by atoms with van der Waals surface area (Å²) < 4.78 is 10.9. The molecular formula is C8H10Cl2FN3O2S2. The molecule has 0 saturated carbocycles. The van der Waals surface area contributed by atoms with Crippen molar-refractivity contribution in [3.63, 3.8) is 0 Å². The third kappa shape index (κ3) is 9.65. The average molecular weight is 334 g/mol. The van der Waals surface area contributed by atoms with Gasteiger partial charge in [0.05, 0.1) is 6.07 Å². The van der Waals surface area contributed by atoms with E-state index in [1.165, 1.54) is 18.8 Å². The molecule has 0 fully saturated rings. The molecule has 1 amide bonds. The molecule has 0 atom stereocenters. The van der Waals surface area contributed by atoms with Crippen LogP contribution in [0.5, 0.6) is 0 Å². The summed E-state index contributed by atoms with van der Waals surface area (Å²) in [6.07, 6.45) is -0.548. The van der Waals surface area contributed by atoms with Gasteiger partial charge in [-0.25, -0.2) is 9.10 Å². The number of hydrogen-bond acceptors (Lipinski definition) is 6. The molecule has 102 valence electrons. The molecular weight excluding hydrogens is 324 g/mol. The van der Waals surface area contributed by atoms with E-state index in [4.69, 9.17) is 28.5 Å². The number of alkyl halides is 3. The Morgan fingerprint density at radius 1 is 1.67 bits per heavy atom. The molecule has 0 N–H and O–H groups in total. The Morgan fingerprint density at radius 3 is 2.78 bits per heavy atom. The fourth-order valence-electron chi connectivity index (χ4n) is 0.624. The van der Waals surface area contributed by atoms with Crippen LogP contribution in [0.15, 0.2) is 5.16 Å². The predicted molar refractivity (Wildman–Crippen MR) is 73.2 cm³/mol. The highest BCUT2D eigenvalue weighted by Crippen LogP contribution is 2.37. The summed E-state index contributed by atoms with van der Waals surface area (Å²) in [7, 11) is 1.24. The number of thioether (sulfide) groups is 1. The molecule has 10 heteroatoms. The zero-order chi connectivity index (χ0) is 14.2. The van der Waals surface area contributed by atoms with Crippen LogP contribution >= 0.6 is 46.9 Å². The maximum atomic E-state index is 12.8. The van der Waals surface area contributed by atoms with Gasteiger partial charge >= 0.3 is 10.0 Å². The highest BCUT2D eigenvalue weighted by Gasteiger charge is 2.29. The number of hydrogen-bond donors (Lipinski definition) is 0. The van der Waals surface area contributed by atoms with Crippen LogP contribution in [0.3, 0.4) is 0 Å². The van der Waals surface area contributed by atoms with E-state index >= 15 is 0 Å². The second kappa shape index (κ2) is 8.69. The number of amides is 1. The lowest BCUT2D eigenvalue weighted by molar-refractivity contribution is 0.137. The van der Waals surface area contributed by atoms with Gasteiger partial charge in [-0.15, -0.1) is 11.8 Å². The van der Waals surface area contributed by atoms with Crippen LogP contribution in [0, 0.1) is 11.3 Å². The summed E-state index contributed by atoms with van der Waals surface area (Å²) in [6, 6.07) is 1.97. The van der Waals surface area contributed by atoms with Crippen LogP contribution in [0.4, 0.5) is 9.18 Å². The molecule has 0 aromatic carbocycles. The minimum Gasteiger partial charge on any atom is -0.296 e. The van der Waals surface area contributed by atoms with Crippen molar-refractivity contribution in [3.05, 3.63) is 0 Å². The van der Waals surface area contributed by atoms with Gasteiger partial charge < -0.3 is 0 Å². The van der Waals surface area contributed by atoms with E-state index in [0.717, 1.165) is 4.31 Å². The first-order valence-electron chi connectivity index (χ1n) is 4.51. The third-order valence-electron chi connectivity index (χ3n) is 1.27. The van der Waals surface area contributed by atoms with Gasteiger partial charge in [-0.05, 0) is 6.92 Å². The van der Waals surface area contributed by atoms with Crippen LogP contribution in [0.1, 0.15) is 13.3 Å². The Labute approximate surface area is 123 Å². The lowest BCUT2D eigenvalue weighted by atomic mass is 10.6. The summed E-state index contributed by atoms with van der Waals surface area (Å²) in [4.78, 5) is 15.8. The standard InChI is InChI=1S/C8H10Cl2FN3O2S2/c1-6(17-5-3-4-12)13-16-7(15)14(2)18-8(9,10)11/h3,5H2,1-2H3. The Bertz CT molecular complexity index is 357. The Kier molecular flexibility index (Phi) is 8.52. The predicted octanol–water partition coefficient (Wildman–Crippen LogP) is 3.74. The van der Waals surface area contributed by atoms with Crippen LogP contribution in [-0.4, -0.2) is 32.2 Å². The summed E-state index contributed by atoms with van der Waals surface area (Å²) in [5.74, 6) is 0.547. The molecule has 0 unspecified atom stereocenters. The van der Waals surface area contributed by atoms with E-state index in [-0.39, 0.29) is 11.9 Å². The van der Waals surface area contributed by atoms with E-state index in [1.54, 1.807) is 6.92 Å². The molecule has 0 aliphatic rings. The highest BCUT2D eigenvalue weighted by molar-refractivity contribution is 8.13. The molecule has 5 nitrogen and oxygen atoms in total. The van der Waals surface area contributed by atoms with Crippen molar-refractivity contribution < 1.29 is 14.0 Å². The zero-order valence-electron chi connectivity index (χ0n) is 9.52. The molecule has 0 aromatic rings. The maximum Gasteiger partial charge on any atom is 0.445 e. The van der Waals surface area contributed by atoms with Crippen molar-refractivity contribution >= 4 is 58.0 Å². The average Bonchev–Trinajstić information content (AvgIpc) is 2.23. The van der Waals surface area contributed by atoms with Crippen molar-refractivity contribution in [2.75, 3.05) is 12.8 Å². The quantitative estimate of drug-likeness (QED) is 0.146. The monoisotopic (exact) mass is 333 g/mol. The smallest absolute Gasteiger partial charge is 0.296 e. The van der Waals surface area contributed by atoms with Crippen molar-refractivity contribution in [2.24, 2.45) is 5.16 Å². The first-order chi connectivity index (χ1) is 8.26. The van der Waals surface area contributed by atoms with Crippen molar-refractivity contribution in [1.82, 2.24) is 4.31 Å². The Morgan fingerprint density at radius 2 is 2.28 bits per heavy atom. The number of carbonyl (C=O) groups is 1. The van der Waals surface area contributed by atoms with Gasteiger partial charge in [0.15, 0.2) is 0 Å². The highest BCUT2D eigenvalue weighted by atomic mass is 35.5. The molecule has 0 aliphatic heterocycles. The number of oxime groups is 1. The Balaban J connectivity index is 4.08. The summed E-state index contributed by atoms with van der Waals surface area (Å²) >= 11 is 11.6. The van der Waals surface area contributed by atoms with Crippen LogP contribution in [0.2, 0.25) is 0 Å². The molecule has 0 aromatic heterocycles. The zero-order valence-corrected chi connectivity index (χ0v) is 12.7. The lowest BCUT2D eigenvalue weighted by Gasteiger charge is -2.16. The van der Waals surface area contributed by atoms with Crippen molar-refractivity contribution in [2.45, 2.75) is 17.3 Å². The number of rotatable bonds is 5. The lowest BCUT2D eigenvalue weighted by Crippen LogP contribution is -2.22. The Hall–Kier alpha value is -0.360. The topological polar surface area (TPSA) is 65.7 Å². The molecule has 0 spiro atoms. The second-order valence-corrected chi connectivity index (χ2v) is 7.02. The number of carbonyl (C=O) groups excluding carboxylic acids is 1. The second-order valence-electron chi connectivity index (χ2n) is 2.76. The van der Waals surface area contributed by atoms with Gasteiger partial charge in [-0.3, -0.25) is 4.84 Å². The SMILES string of the molecule is CC(=NOC(=O)N(C)SC(F)(Cl)Cl)SCCC#N. The van der Waals surface area contributed by atoms with E-state index in [2.05, 4.69) is 9.99 Å². The molecule has 0 saturated heterocycles. The summed E-state index contributed by atoms with van der Waals surface area (Å²) in [6.45, 7) is 1.62. The molecule has 0 bridgehead atoms. The van der Waals surface area contributed by atoms with E-state index in [1.807, 2.05) is 6.07 Å². The van der Waals surface area contributed by atoms with Crippen LogP contribution in [0.25, 0.3) is 0 Å². The minimum absolute atomic E-state index is 0.242. The van der Waals surface area contributed by atoms with Gasteiger partial charge in [-0.2, -0.15) is 9.65 Å². The number of halogens is 3. The van der Waals surface area contributed by atoms with Crippen LogP contribution in [-0.2, 0) is 4.84 Å². The molecule has 0 rings (SSSR count). The number of nitriles is 1. The molecule has 0 heterocycles. The fourth-order valence-corrected chi connectivity index (χ4v) is 2.24. The van der Waals surface area contributed by atoms with E-state index < -0.39 is 10.0 Å². The van der Waals surface area contributed by atoms with Gasteiger partial charge in [-0.1, -0.05) is 28.4 Å². The van der Waals surface area contributed by atoms with Crippen molar-refractivity contribution in [1.29, 1.82) is 5.26 Å². The normalized spacial score (nSPS) is 11.9. The van der Waals surface area contributed by atoms with Crippen molar-refractivity contribution in [3.8, 4) is 6.07 Å². The van der Waals surface area contributed by atoms with E-state index in [0.29, 0.717) is 17.2 Å². The third-order valence-corrected chi connectivity index (χ3v) is 3.22. The summed E-state index contributed by atoms with van der Waals surface area (Å²) in [5, 5.41) is 12.3. The molecule has 18 heavy (non-hydrogen) atoms. The van der Waals surface area contributed by atoms with E-state index in [9.17, 15) is 9.18 Å². The van der Waals surface area contributed by atoms with Gasteiger partial charge in [0.1, 0.15) is 5.04 Å². The van der Waals surface area contributed by atoms with Gasteiger partial charge in [0, 0.05) is 31.2 Å². The first kappa shape index (κ1) is 17.6. The molecule has 0 radical (unpaired) electrons. The largest absolute Gasteiger partial charge is 0.445 e. The fraction of sp³-hybridized carbons (Fsp3) is 0.625. The van der Waals surface area contributed by atoms with Gasteiger partial charge in [0.2, 0.25) is 0 Å². The molecule has 0 aliphatic carbocycles. The first-order valence-corrected chi connectivity index (χ1v) is 7.02.